The van der Waals surface area contributed by atoms with Crippen LogP contribution in [-0.2, 0) is 4.79 Å². The van der Waals surface area contributed by atoms with Gasteiger partial charge >= 0.3 is 0 Å². The van der Waals surface area contributed by atoms with Crippen molar-refractivity contribution >= 4 is 18.0 Å². The number of hydrogen-bond donors (Lipinski definition) is 1. The lowest BCUT2D eigenvalue weighted by Crippen LogP contribution is -2.20. The predicted octanol–water partition coefficient (Wildman–Crippen LogP) is 4.01. The number of alkyl halides is 2. The molecule has 1 aliphatic heterocycles. The lowest BCUT2D eigenvalue weighted by molar-refractivity contribution is -0.114. The lowest BCUT2D eigenvalue weighted by Gasteiger charge is -2.17. The standard InChI is InChI=1S/C8H15FO.C7H13FOS/c1-4-6(2)7(3)8(9)5-10;1-3-5-4(2)6(8)7(9)10-5/h5-8H,4H2,1-3H3;4-7,9H,3H2,1-2H3/t6-,7+,8+;4-,5-,6+,7?/m01/s1. The third kappa shape index (κ3) is 5.68. The van der Waals surface area contributed by atoms with Crippen LogP contribution in [0.5, 0.6) is 0 Å². The van der Waals surface area contributed by atoms with Gasteiger partial charge in [0.05, 0.1) is 0 Å². The number of rotatable bonds is 5. The van der Waals surface area contributed by atoms with Crippen LogP contribution in [0.4, 0.5) is 8.78 Å². The minimum Gasteiger partial charge on any atom is -0.379 e. The smallest absolute Gasteiger partial charge is 0.158 e. The highest BCUT2D eigenvalue weighted by Gasteiger charge is 2.39. The van der Waals surface area contributed by atoms with E-state index in [1.54, 1.807) is 6.92 Å². The Morgan fingerprint density at radius 2 is 1.90 bits per heavy atom. The Balaban J connectivity index is 0.000000361. The normalized spacial score (nSPS) is 33.8. The zero-order chi connectivity index (χ0) is 15.9. The molecule has 0 radical (unpaired) electrons. The number of aldehydes is 1. The van der Waals surface area contributed by atoms with E-state index in [0.29, 0.717) is 17.5 Å². The van der Waals surface area contributed by atoms with Crippen molar-refractivity contribution in [3.05, 3.63) is 0 Å². The van der Waals surface area contributed by atoms with E-state index in [0.717, 1.165) is 12.8 Å². The molecule has 120 valence electrons. The minimum atomic E-state index is -1.28. The maximum absolute atomic E-state index is 12.9. The number of thioether (sulfide) groups is 1. The molecule has 1 heterocycles. The summed E-state index contributed by atoms with van der Waals surface area (Å²) in [5.41, 5.74) is -0.778. The summed E-state index contributed by atoms with van der Waals surface area (Å²) in [6, 6.07) is 0. The Morgan fingerprint density at radius 1 is 1.35 bits per heavy atom. The van der Waals surface area contributed by atoms with E-state index in [1.807, 2.05) is 27.7 Å². The molecule has 0 saturated carbocycles. The molecule has 1 aliphatic rings. The fourth-order valence-corrected chi connectivity index (χ4v) is 3.47. The number of halogens is 2. The third-order valence-corrected chi connectivity index (χ3v) is 5.90. The average Bonchev–Trinajstić information content (AvgIpc) is 2.72. The molecular formula is C15H28F2O2S. The van der Waals surface area contributed by atoms with Crippen LogP contribution >= 0.6 is 11.8 Å². The Bertz CT molecular complexity index is 279. The predicted molar refractivity (Wildman–Crippen MR) is 81.3 cm³/mol. The molecule has 5 heteroatoms. The summed E-state index contributed by atoms with van der Waals surface area (Å²) in [4.78, 5) is 9.99. The Morgan fingerprint density at radius 3 is 2.15 bits per heavy atom. The highest BCUT2D eigenvalue weighted by Crippen LogP contribution is 2.40. The number of carbonyl (C=O) groups excluding carboxylic acids is 1. The van der Waals surface area contributed by atoms with Gasteiger partial charge in [-0.15, -0.1) is 11.8 Å². The highest BCUT2D eigenvalue weighted by atomic mass is 32.2. The first-order valence-electron chi connectivity index (χ1n) is 7.36. The Labute approximate surface area is 125 Å². The first kappa shape index (κ1) is 19.8. The van der Waals surface area contributed by atoms with Gasteiger partial charge in [0.25, 0.3) is 0 Å². The van der Waals surface area contributed by atoms with Gasteiger partial charge in [0.2, 0.25) is 0 Å². The SMILES string of the molecule is CC[C@H](C)[C@@H](C)[C@H](F)C=O.CC[C@H]1SC(O)[C@@H](F)[C@@H]1C. The van der Waals surface area contributed by atoms with Gasteiger partial charge in [0, 0.05) is 11.2 Å². The molecule has 1 N–H and O–H groups in total. The highest BCUT2D eigenvalue weighted by molar-refractivity contribution is 8.00. The van der Waals surface area contributed by atoms with E-state index in [1.165, 1.54) is 11.8 Å². The second-order valence-corrected chi connectivity index (χ2v) is 6.96. The van der Waals surface area contributed by atoms with Crippen LogP contribution in [0.15, 0.2) is 0 Å². The van der Waals surface area contributed by atoms with E-state index < -0.39 is 17.8 Å². The van der Waals surface area contributed by atoms with Crippen LogP contribution in [-0.4, -0.2) is 34.4 Å². The van der Waals surface area contributed by atoms with Gasteiger partial charge in [-0.25, -0.2) is 8.78 Å². The molecule has 1 rings (SSSR count). The molecule has 0 aromatic heterocycles. The van der Waals surface area contributed by atoms with Crippen LogP contribution in [0.25, 0.3) is 0 Å². The maximum atomic E-state index is 12.9. The second kappa shape index (κ2) is 9.72. The van der Waals surface area contributed by atoms with Gasteiger partial charge < -0.3 is 9.90 Å². The van der Waals surface area contributed by atoms with Gasteiger partial charge in [-0.3, -0.25) is 0 Å². The molecule has 0 bridgehead atoms. The minimum absolute atomic E-state index is 0.0185. The van der Waals surface area contributed by atoms with E-state index in [-0.39, 0.29) is 11.8 Å². The monoisotopic (exact) mass is 310 g/mol. The van der Waals surface area contributed by atoms with Crippen molar-refractivity contribution in [3.63, 3.8) is 0 Å². The molecule has 1 unspecified atom stereocenters. The molecule has 1 fully saturated rings. The van der Waals surface area contributed by atoms with Crippen molar-refractivity contribution in [2.75, 3.05) is 0 Å². The summed E-state index contributed by atoms with van der Waals surface area (Å²) in [6.07, 6.45) is -0.0415. The third-order valence-electron chi connectivity index (χ3n) is 4.25. The summed E-state index contributed by atoms with van der Waals surface area (Å²) in [7, 11) is 0. The van der Waals surface area contributed by atoms with Crippen LogP contribution in [0.1, 0.15) is 47.5 Å². The van der Waals surface area contributed by atoms with Crippen LogP contribution in [0, 0.1) is 17.8 Å². The molecule has 0 aromatic rings. The summed E-state index contributed by atoms with van der Waals surface area (Å²) in [5, 5.41) is 9.37. The molecule has 0 spiro atoms. The van der Waals surface area contributed by atoms with Gasteiger partial charge in [-0.05, 0) is 18.3 Å². The molecular weight excluding hydrogens is 282 g/mol. The number of aliphatic hydroxyl groups excluding tert-OH is 1. The van der Waals surface area contributed by atoms with Crippen molar-refractivity contribution < 1.29 is 18.7 Å². The van der Waals surface area contributed by atoms with Crippen molar-refractivity contribution in [3.8, 4) is 0 Å². The van der Waals surface area contributed by atoms with Crippen molar-refractivity contribution in [2.45, 2.75) is 70.5 Å². The molecule has 20 heavy (non-hydrogen) atoms. The van der Waals surface area contributed by atoms with E-state index in [4.69, 9.17) is 5.11 Å². The molecule has 0 amide bonds. The van der Waals surface area contributed by atoms with E-state index in [2.05, 4.69) is 0 Å². The Kier molecular flexibility index (Phi) is 9.64. The van der Waals surface area contributed by atoms with E-state index >= 15 is 0 Å². The van der Waals surface area contributed by atoms with Gasteiger partial charge in [0.15, 0.2) is 12.5 Å². The van der Waals surface area contributed by atoms with Gasteiger partial charge in [-0.2, -0.15) is 0 Å². The zero-order valence-corrected chi connectivity index (χ0v) is 13.9. The first-order chi connectivity index (χ1) is 9.29. The number of carbonyl (C=O) groups is 1. The maximum Gasteiger partial charge on any atom is 0.158 e. The van der Waals surface area contributed by atoms with Crippen LogP contribution in [0.2, 0.25) is 0 Å². The zero-order valence-electron chi connectivity index (χ0n) is 13.1. The Hall–Kier alpha value is -0.160. The van der Waals surface area contributed by atoms with Gasteiger partial charge in [-0.1, -0.05) is 41.0 Å². The van der Waals surface area contributed by atoms with E-state index in [9.17, 15) is 13.6 Å². The molecule has 0 aliphatic carbocycles. The lowest BCUT2D eigenvalue weighted by atomic mass is 9.90. The fraction of sp³-hybridized carbons (Fsp3) is 0.933. The van der Waals surface area contributed by atoms with Crippen molar-refractivity contribution in [1.29, 1.82) is 0 Å². The largest absolute Gasteiger partial charge is 0.379 e. The van der Waals surface area contributed by atoms with Crippen LogP contribution in [0.3, 0.4) is 0 Å². The second-order valence-electron chi connectivity index (χ2n) is 5.60. The summed E-state index contributed by atoms with van der Waals surface area (Å²) in [6.45, 7) is 9.62. The topological polar surface area (TPSA) is 37.3 Å². The molecule has 0 aromatic carbocycles. The van der Waals surface area contributed by atoms with Gasteiger partial charge in [0.1, 0.15) is 11.6 Å². The fourth-order valence-electron chi connectivity index (χ4n) is 2.12. The molecule has 7 atom stereocenters. The average molecular weight is 310 g/mol. The quantitative estimate of drug-likeness (QED) is 0.780. The van der Waals surface area contributed by atoms with Crippen LogP contribution < -0.4 is 0 Å². The summed E-state index contributed by atoms with van der Waals surface area (Å²) < 4.78 is 25.5. The molecule has 1 saturated heterocycles. The summed E-state index contributed by atoms with van der Waals surface area (Å²) >= 11 is 1.36. The van der Waals surface area contributed by atoms with Crippen molar-refractivity contribution in [1.82, 2.24) is 0 Å². The first-order valence-corrected chi connectivity index (χ1v) is 8.31. The summed E-state index contributed by atoms with van der Waals surface area (Å²) in [5.74, 6) is 0.174. The number of aliphatic hydroxyl groups is 1. The van der Waals surface area contributed by atoms with Crippen molar-refractivity contribution in [2.24, 2.45) is 17.8 Å². The number of hydrogen-bond acceptors (Lipinski definition) is 3. The molecule has 2 nitrogen and oxygen atoms in total.